The molecule has 5 nitrogen and oxygen atoms in total. The molecule has 1 aliphatic carbocycles. The van der Waals surface area contributed by atoms with Crippen LogP contribution in [0.15, 0.2) is 29.2 Å². The van der Waals surface area contributed by atoms with Crippen LogP contribution in [0.1, 0.15) is 78.2 Å². The molecular formula is C23H40N2O3S. The Bertz CT molecular complexity index is 740. The molecule has 1 heterocycles. The number of rotatable bonds is 5. The Kier molecular flexibility index (Phi) is 10.3. The van der Waals surface area contributed by atoms with Gasteiger partial charge in [-0.1, -0.05) is 59.1 Å². The summed E-state index contributed by atoms with van der Waals surface area (Å²) in [7, 11) is -3.51. The van der Waals surface area contributed by atoms with Crippen molar-refractivity contribution in [2.45, 2.75) is 90.5 Å². The molecule has 1 unspecified atom stereocenters. The van der Waals surface area contributed by atoms with Crippen LogP contribution in [-0.2, 0) is 14.8 Å². The maximum Gasteiger partial charge on any atom is 0.243 e. The lowest BCUT2D eigenvalue weighted by Gasteiger charge is -2.26. The zero-order valence-electron chi connectivity index (χ0n) is 16.3. The zero-order valence-corrected chi connectivity index (χ0v) is 17.1. The molecule has 6 heteroatoms. The number of nitrogens with one attached hydrogen (secondary N) is 1. The van der Waals surface area contributed by atoms with Crippen LogP contribution in [0.3, 0.4) is 0 Å². The molecule has 29 heavy (non-hydrogen) atoms. The number of carbonyl (C=O) groups is 1. The van der Waals surface area contributed by atoms with Gasteiger partial charge in [0.25, 0.3) is 0 Å². The van der Waals surface area contributed by atoms with E-state index in [1.165, 1.54) is 19.3 Å². The Morgan fingerprint density at radius 1 is 1.03 bits per heavy atom. The average Bonchev–Trinajstić information content (AvgIpc) is 3.09. The standard InChI is InChI=1S/C21H32N2O3S.2CH4/c1-17-9-7-13-20(15-17)27(25,26)23-14-8-12-19(23)16-22-21(24)18-10-5-3-2-4-6-11-18;;/h7,9,13,15,18-19H,2-6,8,10-12,14,16H2,1H3,(H,22,24);2*1H4. The molecule has 1 aliphatic heterocycles. The van der Waals surface area contributed by atoms with Gasteiger partial charge in [-0.25, -0.2) is 8.42 Å². The minimum absolute atomic E-state index is 0. The summed E-state index contributed by atoms with van der Waals surface area (Å²) in [4.78, 5) is 13.0. The van der Waals surface area contributed by atoms with Crippen LogP contribution in [0.5, 0.6) is 0 Å². The van der Waals surface area contributed by atoms with Gasteiger partial charge in [0.2, 0.25) is 15.9 Å². The van der Waals surface area contributed by atoms with Gasteiger partial charge in [0.1, 0.15) is 0 Å². The lowest BCUT2D eigenvalue weighted by molar-refractivity contribution is -0.125. The van der Waals surface area contributed by atoms with Gasteiger partial charge in [-0.05, 0) is 50.3 Å². The first-order valence-electron chi connectivity index (χ1n) is 10.3. The van der Waals surface area contributed by atoms with E-state index in [-0.39, 0.29) is 32.7 Å². The molecule has 1 atom stereocenters. The Morgan fingerprint density at radius 3 is 2.34 bits per heavy atom. The van der Waals surface area contributed by atoms with Crippen molar-refractivity contribution in [3.05, 3.63) is 29.8 Å². The SMILES string of the molecule is C.C.Cc1cccc(S(=O)(=O)N2CCCC2CNC(=O)C2CCCCCCC2)c1. The summed E-state index contributed by atoms with van der Waals surface area (Å²) in [5.74, 6) is 0.199. The lowest BCUT2D eigenvalue weighted by Crippen LogP contribution is -2.44. The number of benzene rings is 1. The van der Waals surface area contributed by atoms with Crippen molar-refractivity contribution >= 4 is 15.9 Å². The smallest absolute Gasteiger partial charge is 0.243 e. The topological polar surface area (TPSA) is 66.5 Å². The predicted molar refractivity (Wildman–Crippen MR) is 120 cm³/mol. The predicted octanol–water partition coefficient (Wildman–Crippen LogP) is 4.90. The molecule has 0 spiro atoms. The first kappa shape index (κ1) is 25.6. The number of amides is 1. The summed E-state index contributed by atoms with van der Waals surface area (Å²) in [5, 5.41) is 3.06. The third-order valence-corrected chi connectivity index (χ3v) is 7.85. The monoisotopic (exact) mass is 424 g/mol. The summed E-state index contributed by atoms with van der Waals surface area (Å²) in [5.41, 5.74) is 0.935. The fourth-order valence-corrected chi connectivity index (χ4v) is 6.12. The molecule has 1 saturated carbocycles. The van der Waals surface area contributed by atoms with Crippen molar-refractivity contribution < 1.29 is 13.2 Å². The number of hydrogen-bond donors (Lipinski definition) is 1. The number of hydrogen-bond acceptors (Lipinski definition) is 3. The minimum Gasteiger partial charge on any atom is -0.354 e. The first-order valence-corrected chi connectivity index (χ1v) is 11.8. The third kappa shape index (κ3) is 6.54. The van der Waals surface area contributed by atoms with E-state index in [2.05, 4.69) is 5.32 Å². The zero-order chi connectivity index (χ0) is 19.3. The molecule has 3 rings (SSSR count). The van der Waals surface area contributed by atoms with Gasteiger partial charge in [0.05, 0.1) is 4.90 Å². The van der Waals surface area contributed by atoms with E-state index in [0.29, 0.717) is 18.0 Å². The Balaban J connectivity index is 0.00000210. The quantitative estimate of drug-likeness (QED) is 0.731. The number of nitrogens with zero attached hydrogens (tertiary/aromatic N) is 1. The largest absolute Gasteiger partial charge is 0.354 e. The fraction of sp³-hybridized carbons (Fsp3) is 0.696. The van der Waals surface area contributed by atoms with Gasteiger partial charge in [-0.2, -0.15) is 4.31 Å². The van der Waals surface area contributed by atoms with Crippen LogP contribution in [0.2, 0.25) is 0 Å². The van der Waals surface area contributed by atoms with Crippen molar-refractivity contribution in [1.82, 2.24) is 9.62 Å². The van der Waals surface area contributed by atoms with Crippen molar-refractivity contribution in [1.29, 1.82) is 0 Å². The molecule has 1 aromatic carbocycles. The van der Waals surface area contributed by atoms with E-state index in [4.69, 9.17) is 0 Å². The van der Waals surface area contributed by atoms with E-state index < -0.39 is 10.0 Å². The highest BCUT2D eigenvalue weighted by Gasteiger charge is 2.35. The molecule has 2 fully saturated rings. The highest BCUT2D eigenvalue weighted by molar-refractivity contribution is 7.89. The summed E-state index contributed by atoms with van der Waals surface area (Å²) in [6.45, 7) is 2.84. The third-order valence-electron chi connectivity index (χ3n) is 5.91. The van der Waals surface area contributed by atoms with Crippen LogP contribution >= 0.6 is 0 Å². The summed E-state index contributed by atoms with van der Waals surface area (Å²) < 4.78 is 27.7. The number of carbonyl (C=O) groups excluding carboxylic acids is 1. The van der Waals surface area contributed by atoms with Gasteiger partial charge in [0.15, 0.2) is 0 Å². The van der Waals surface area contributed by atoms with Crippen molar-refractivity contribution in [2.24, 2.45) is 5.92 Å². The molecule has 1 amide bonds. The molecule has 1 aromatic rings. The van der Waals surface area contributed by atoms with Gasteiger partial charge in [0, 0.05) is 25.0 Å². The summed E-state index contributed by atoms with van der Waals surface area (Å²) >= 11 is 0. The van der Waals surface area contributed by atoms with Gasteiger partial charge in [-0.15, -0.1) is 0 Å². The van der Waals surface area contributed by atoms with E-state index >= 15 is 0 Å². The maximum absolute atomic E-state index is 13.0. The number of sulfonamides is 1. The average molecular weight is 425 g/mol. The summed E-state index contributed by atoms with van der Waals surface area (Å²) in [6.07, 6.45) is 9.52. The molecular weight excluding hydrogens is 384 g/mol. The van der Waals surface area contributed by atoms with Crippen LogP contribution in [-0.4, -0.2) is 37.8 Å². The Morgan fingerprint density at radius 2 is 1.69 bits per heavy atom. The van der Waals surface area contributed by atoms with Crippen LogP contribution < -0.4 is 5.32 Å². The van der Waals surface area contributed by atoms with Gasteiger partial charge >= 0.3 is 0 Å². The van der Waals surface area contributed by atoms with Crippen LogP contribution in [0.25, 0.3) is 0 Å². The van der Waals surface area contributed by atoms with Crippen molar-refractivity contribution in [2.75, 3.05) is 13.1 Å². The normalized spacial score (nSPS) is 21.3. The van der Waals surface area contributed by atoms with E-state index in [1.807, 2.05) is 13.0 Å². The molecule has 0 radical (unpaired) electrons. The number of aryl methyl sites for hydroxylation is 1. The Hall–Kier alpha value is -1.40. The van der Waals surface area contributed by atoms with E-state index in [1.54, 1.807) is 22.5 Å². The van der Waals surface area contributed by atoms with E-state index in [0.717, 1.165) is 44.1 Å². The fourth-order valence-electron chi connectivity index (χ4n) is 4.32. The van der Waals surface area contributed by atoms with E-state index in [9.17, 15) is 13.2 Å². The highest BCUT2D eigenvalue weighted by Crippen LogP contribution is 2.27. The van der Waals surface area contributed by atoms with Crippen LogP contribution in [0, 0.1) is 12.8 Å². The highest BCUT2D eigenvalue weighted by atomic mass is 32.2. The molecule has 0 bridgehead atoms. The van der Waals surface area contributed by atoms with Gasteiger partial charge < -0.3 is 5.32 Å². The second-order valence-corrected chi connectivity index (χ2v) is 9.91. The molecule has 1 saturated heterocycles. The van der Waals surface area contributed by atoms with Crippen molar-refractivity contribution in [3.63, 3.8) is 0 Å². The minimum atomic E-state index is -3.51. The maximum atomic E-state index is 13.0. The first-order chi connectivity index (χ1) is 13.0. The molecule has 166 valence electrons. The second-order valence-electron chi connectivity index (χ2n) is 8.02. The molecule has 1 N–H and O–H groups in total. The Labute approximate surface area is 178 Å². The lowest BCUT2D eigenvalue weighted by atomic mass is 9.90. The second kappa shape index (κ2) is 11.7. The molecule has 0 aromatic heterocycles. The summed E-state index contributed by atoms with van der Waals surface area (Å²) in [6, 6.07) is 6.91. The van der Waals surface area contributed by atoms with Gasteiger partial charge in [-0.3, -0.25) is 4.79 Å². The molecule has 2 aliphatic rings. The van der Waals surface area contributed by atoms with Crippen LogP contribution in [0.4, 0.5) is 0 Å². The van der Waals surface area contributed by atoms with Crippen molar-refractivity contribution in [3.8, 4) is 0 Å².